The number of rotatable bonds is 5. The van der Waals surface area contributed by atoms with E-state index in [1.54, 1.807) is 18.9 Å². The van der Waals surface area contributed by atoms with Crippen LogP contribution < -0.4 is 5.32 Å². The molecular weight excluding hydrogens is 310 g/mol. The molecule has 1 saturated heterocycles. The Morgan fingerprint density at radius 2 is 2.21 bits per heavy atom. The fourth-order valence-electron chi connectivity index (χ4n) is 4.12. The van der Waals surface area contributed by atoms with Crippen LogP contribution in [0, 0.1) is 18.3 Å². The molecule has 3 rings (SSSR count). The molecule has 1 atom stereocenters. The molecule has 1 aromatic heterocycles. The molecule has 0 radical (unpaired) electrons. The number of aromatic nitrogens is 1. The molecule has 1 aromatic rings. The van der Waals surface area contributed by atoms with Gasteiger partial charge in [-0.2, -0.15) is 0 Å². The average molecular weight is 335 g/mol. The number of oxazole rings is 1. The highest BCUT2D eigenvalue weighted by atomic mass is 16.5. The van der Waals surface area contributed by atoms with Gasteiger partial charge in [0.2, 0.25) is 11.7 Å². The fourth-order valence-corrected chi connectivity index (χ4v) is 4.12. The third-order valence-corrected chi connectivity index (χ3v) is 5.40. The van der Waals surface area contributed by atoms with Gasteiger partial charge in [-0.1, -0.05) is 12.8 Å². The van der Waals surface area contributed by atoms with Crippen LogP contribution in [0.4, 0.5) is 0 Å². The van der Waals surface area contributed by atoms with Crippen LogP contribution in [0.3, 0.4) is 0 Å². The summed E-state index contributed by atoms with van der Waals surface area (Å²) in [6.07, 6.45) is 5.51. The first-order chi connectivity index (χ1) is 11.6. The monoisotopic (exact) mass is 335 g/mol. The maximum Gasteiger partial charge on any atom is 0.291 e. The van der Waals surface area contributed by atoms with E-state index in [-0.39, 0.29) is 28.9 Å². The summed E-state index contributed by atoms with van der Waals surface area (Å²) in [5.41, 5.74) is 0.495. The van der Waals surface area contributed by atoms with E-state index in [4.69, 9.17) is 9.15 Å². The number of nitrogens with zero attached hydrogens (tertiary/aromatic N) is 2. The van der Waals surface area contributed by atoms with Crippen molar-refractivity contribution in [2.45, 2.75) is 32.6 Å². The van der Waals surface area contributed by atoms with Crippen molar-refractivity contribution in [2.75, 3.05) is 33.4 Å². The van der Waals surface area contributed by atoms with Crippen LogP contribution in [0.1, 0.15) is 41.9 Å². The minimum Gasteiger partial charge on any atom is -0.438 e. The Labute approximate surface area is 141 Å². The molecule has 2 amide bonds. The number of hydrogen-bond acceptors (Lipinski definition) is 5. The average Bonchev–Trinajstić information content (AvgIpc) is 3.28. The van der Waals surface area contributed by atoms with Gasteiger partial charge in [0, 0.05) is 32.2 Å². The Morgan fingerprint density at radius 3 is 2.83 bits per heavy atom. The molecule has 2 heterocycles. The van der Waals surface area contributed by atoms with E-state index in [1.807, 2.05) is 0 Å². The van der Waals surface area contributed by atoms with Gasteiger partial charge >= 0.3 is 0 Å². The predicted octanol–water partition coefficient (Wildman–Crippen LogP) is 1.38. The fraction of sp³-hybridized carbons (Fsp3) is 0.706. The lowest BCUT2D eigenvalue weighted by Gasteiger charge is -2.28. The van der Waals surface area contributed by atoms with Crippen LogP contribution in [-0.4, -0.2) is 55.0 Å². The molecule has 1 spiro atoms. The van der Waals surface area contributed by atoms with E-state index < -0.39 is 0 Å². The van der Waals surface area contributed by atoms with Gasteiger partial charge in [-0.15, -0.1) is 0 Å². The summed E-state index contributed by atoms with van der Waals surface area (Å²) >= 11 is 0. The van der Waals surface area contributed by atoms with E-state index in [1.165, 1.54) is 6.39 Å². The Kier molecular flexibility index (Phi) is 4.89. The lowest BCUT2D eigenvalue weighted by molar-refractivity contribution is -0.127. The van der Waals surface area contributed by atoms with Crippen molar-refractivity contribution in [2.24, 2.45) is 11.3 Å². The first-order valence-electron chi connectivity index (χ1n) is 8.53. The molecule has 1 saturated carbocycles. The number of nitrogens with one attached hydrogen (secondary N) is 1. The van der Waals surface area contributed by atoms with Gasteiger partial charge in [0.1, 0.15) is 0 Å². The molecule has 0 bridgehead atoms. The van der Waals surface area contributed by atoms with Gasteiger partial charge in [-0.25, -0.2) is 4.98 Å². The molecule has 1 aliphatic heterocycles. The largest absolute Gasteiger partial charge is 0.438 e. The van der Waals surface area contributed by atoms with Gasteiger partial charge in [0.05, 0.1) is 18.2 Å². The number of methoxy groups -OCH3 is 1. The molecule has 24 heavy (non-hydrogen) atoms. The maximum absolute atomic E-state index is 12.7. The topological polar surface area (TPSA) is 84.7 Å². The summed E-state index contributed by atoms with van der Waals surface area (Å²) in [5.74, 6) is -0.0189. The standard InChI is InChI=1S/C17H25N3O4/c1-12-14(24-11-19-12)16(22)20-9-13(15(21)18-7-8-23-2)17(10-20)5-3-4-6-17/h11,13H,3-10H2,1-2H3,(H,18,21). The summed E-state index contributed by atoms with van der Waals surface area (Å²) in [6, 6.07) is 0. The summed E-state index contributed by atoms with van der Waals surface area (Å²) in [4.78, 5) is 31.2. The Bertz CT molecular complexity index is 607. The molecule has 0 aromatic carbocycles. The van der Waals surface area contributed by atoms with Crippen molar-refractivity contribution in [3.63, 3.8) is 0 Å². The highest BCUT2D eigenvalue weighted by molar-refractivity contribution is 5.93. The first kappa shape index (κ1) is 17.0. The molecular formula is C17H25N3O4. The van der Waals surface area contributed by atoms with Gasteiger partial charge in [0.15, 0.2) is 6.39 Å². The van der Waals surface area contributed by atoms with Crippen molar-refractivity contribution in [1.82, 2.24) is 15.2 Å². The minimum atomic E-state index is -0.163. The van der Waals surface area contributed by atoms with Crippen LogP contribution >= 0.6 is 0 Å². The van der Waals surface area contributed by atoms with Crippen LogP contribution in [0.15, 0.2) is 10.8 Å². The van der Waals surface area contributed by atoms with Gasteiger partial charge in [0.25, 0.3) is 5.91 Å². The summed E-state index contributed by atoms with van der Waals surface area (Å²) in [6.45, 7) is 3.81. The smallest absolute Gasteiger partial charge is 0.291 e. The zero-order valence-corrected chi connectivity index (χ0v) is 14.3. The number of hydrogen-bond donors (Lipinski definition) is 1. The molecule has 132 valence electrons. The van der Waals surface area contributed by atoms with Crippen LogP contribution in [0.5, 0.6) is 0 Å². The van der Waals surface area contributed by atoms with Gasteiger partial charge < -0.3 is 19.4 Å². The van der Waals surface area contributed by atoms with E-state index in [0.29, 0.717) is 31.9 Å². The maximum atomic E-state index is 12.7. The Hall–Kier alpha value is -1.89. The molecule has 1 N–H and O–H groups in total. The van der Waals surface area contributed by atoms with E-state index >= 15 is 0 Å². The van der Waals surface area contributed by atoms with Crippen LogP contribution in [0.2, 0.25) is 0 Å². The van der Waals surface area contributed by atoms with Crippen molar-refractivity contribution in [3.05, 3.63) is 17.8 Å². The summed E-state index contributed by atoms with van der Waals surface area (Å²) < 4.78 is 10.2. The molecule has 1 aliphatic carbocycles. The normalized spacial score (nSPS) is 22.2. The number of amides is 2. The van der Waals surface area contributed by atoms with Crippen molar-refractivity contribution < 1.29 is 18.7 Å². The molecule has 2 fully saturated rings. The second-order valence-electron chi connectivity index (χ2n) is 6.86. The zero-order chi connectivity index (χ0) is 17.2. The first-order valence-corrected chi connectivity index (χ1v) is 8.53. The molecule has 7 heteroatoms. The lowest BCUT2D eigenvalue weighted by Crippen LogP contribution is -2.41. The summed E-state index contributed by atoms with van der Waals surface area (Å²) in [5, 5.41) is 2.94. The zero-order valence-electron chi connectivity index (χ0n) is 14.3. The van der Waals surface area contributed by atoms with Gasteiger partial charge in [-0.3, -0.25) is 9.59 Å². The van der Waals surface area contributed by atoms with Crippen LogP contribution in [-0.2, 0) is 9.53 Å². The van der Waals surface area contributed by atoms with Crippen molar-refractivity contribution in [3.8, 4) is 0 Å². The SMILES string of the molecule is COCCNC(=O)C1CN(C(=O)c2ocnc2C)CC12CCCC2. The van der Waals surface area contributed by atoms with Gasteiger partial charge in [-0.05, 0) is 19.8 Å². The van der Waals surface area contributed by atoms with E-state index in [2.05, 4.69) is 10.3 Å². The summed E-state index contributed by atoms with van der Waals surface area (Å²) in [7, 11) is 1.61. The minimum absolute atomic E-state index is 0.0264. The second-order valence-corrected chi connectivity index (χ2v) is 6.86. The Balaban J connectivity index is 1.75. The number of carbonyl (C=O) groups is 2. The third kappa shape index (κ3) is 3.05. The predicted molar refractivity (Wildman–Crippen MR) is 86.4 cm³/mol. The van der Waals surface area contributed by atoms with E-state index in [9.17, 15) is 9.59 Å². The Morgan fingerprint density at radius 1 is 1.46 bits per heavy atom. The van der Waals surface area contributed by atoms with Crippen LogP contribution in [0.25, 0.3) is 0 Å². The number of ether oxygens (including phenoxy) is 1. The highest BCUT2D eigenvalue weighted by Crippen LogP contribution is 2.49. The number of carbonyl (C=O) groups excluding carboxylic acids is 2. The van der Waals surface area contributed by atoms with Crippen molar-refractivity contribution in [1.29, 1.82) is 0 Å². The number of aryl methyl sites for hydroxylation is 1. The number of likely N-dealkylation sites (tertiary alicyclic amines) is 1. The van der Waals surface area contributed by atoms with Crippen molar-refractivity contribution >= 4 is 11.8 Å². The highest BCUT2D eigenvalue weighted by Gasteiger charge is 2.52. The second kappa shape index (κ2) is 6.93. The molecule has 2 aliphatic rings. The van der Waals surface area contributed by atoms with E-state index in [0.717, 1.165) is 25.7 Å². The third-order valence-electron chi connectivity index (χ3n) is 5.40. The lowest BCUT2D eigenvalue weighted by atomic mass is 9.76. The molecule has 7 nitrogen and oxygen atoms in total. The molecule has 1 unspecified atom stereocenters. The quantitative estimate of drug-likeness (QED) is 0.822.